The summed E-state index contributed by atoms with van der Waals surface area (Å²) in [4.78, 5) is 16.0. The lowest BCUT2D eigenvalue weighted by atomic mass is 10.2. The van der Waals surface area contributed by atoms with Gasteiger partial charge in [0.1, 0.15) is 0 Å². The lowest BCUT2D eigenvalue weighted by Crippen LogP contribution is -2.50. The largest absolute Gasteiger partial charge is 0.465 e. The minimum Gasteiger partial charge on any atom is -0.465 e. The van der Waals surface area contributed by atoms with Crippen LogP contribution in [0.4, 0.5) is 11.4 Å². The first-order valence-electron chi connectivity index (χ1n) is 8.42. The second-order valence-corrected chi connectivity index (χ2v) is 7.30. The number of piperazine rings is 1. The van der Waals surface area contributed by atoms with E-state index in [1.54, 1.807) is 18.2 Å². The van der Waals surface area contributed by atoms with Crippen LogP contribution in [0.5, 0.6) is 0 Å². The van der Waals surface area contributed by atoms with Gasteiger partial charge in [-0.15, -0.1) is 0 Å². The van der Waals surface area contributed by atoms with Crippen LogP contribution in [0, 0.1) is 0 Å². The van der Waals surface area contributed by atoms with Crippen LogP contribution in [-0.4, -0.2) is 49.3 Å². The summed E-state index contributed by atoms with van der Waals surface area (Å²) < 4.78 is 4.70. The number of nitrogens with zero attached hydrogens (tertiary/aromatic N) is 2. The molecule has 2 aromatic carbocycles. The molecule has 1 saturated heterocycles. The van der Waals surface area contributed by atoms with E-state index in [2.05, 4.69) is 15.1 Å². The van der Waals surface area contributed by atoms with Crippen molar-refractivity contribution in [2.45, 2.75) is 0 Å². The quantitative estimate of drug-likeness (QED) is 0.586. The lowest BCUT2D eigenvalue weighted by molar-refractivity contribution is 0.0601. The van der Waals surface area contributed by atoms with Crippen molar-refractivity contribution in [3.63, 3.8) is 0 Å². The summed E-state index contributed by atoms with van der Waals surface area (Å²) in [5, 5.41) is 4.87. The highest BCUT2D eigenvalue weighted by atomic mass is 35.5. The van der Waals surface area contributed by atoms with Crippen LogP contribution in [0.3, 0.4) is 0 Å². The highest BCUT2D eigenvalue weighted by Crippen LogP contribution is 2.23. The van der Waals surface area contributed by atoms with E-state index in [-0.39, 0.29) is 0 Å². The molecule has 0 aromatic heterocycles. The number of esters is 1. The van der Waals surface area contributed by atoms with Gasteiger partial charge >= 0.3 is 5.97 Å². The summed E-state index contributed by atoms with van der Waals surface area (Å²) >= 11 is 17.6. The molecule has 0 bridgehead atoms. The van der Waals surface area contributed by atoms with Gasteiger partial charge in [-0.2, -0.15) is 0 Å². The number of carbonyl (C=O) groups is 1. The fourth-order valence-corrected chi connectivity index (χ4v) is 3.57. The van der Waals surface area contributed by atoms with E-state index in [4.69, 9.17) is 40.2 Å². The molecule has 0 saturated carbocycles. The topological polar surface area (TPSA) is 44.8 Å². The Labute approximate surface area is 173 Å². The smallest absolute Gasteiger partial charge is 0.339 e. The van der Waals surface area contributed by atoms with E-state index >= 15 is 0 Å². The standard InChI is InChI=1S/C19H19Cl2N3O2S/c1-26-18(25)16-7-4-14(12-17(16)21)22-19(27)24-10-8-23(9-11-24)15-5-2-13(20)3-6-15/h2-7,12H,8-11H2,1H3,(H,22,27). The Morgan fingerprint density at radius 3 is 2.33 bits per heavy atom. The minimum absolute atomic E-state index is 0.321. The molecule has 142 valence electrons. The predicted molar refractivity (Wildman–Crippen MR) is 114 cm³/mol. The molecule has 8 heteroatoms. The molecular weight excluding hydrogens is 405 g/mol. The van der Waals surface area contributed by atoms with Crippen LogP contribution in [0.15, 0.2) is 42.5 Å². The summed E-state index contributed by atoms with van der Waals surface area (Å²) in [6.45, 7) is 3.35. The molecule has 1 aliphatic rings. The lowest BCUT2D eigenvalue weighted by Gasteiger charge is -2.37. The number of methoxy groups -OCH3 is 1. The molecule has 0 aliphatic carbocycles. The van der Waals surface area contributed by atoms with Crippen molar-refractivity contribution < 1.29 is 9.53 Å². The monoisotopic (exact) mass is 423 g/mol. The summed E-state index contributed by atoms with van der Waals surface area (Å²) in [5.74, 6) is -0.465. The maximum absolute atomic E-state index is 11.6. The molecule has 3 rings (SSSR count). The van der Waals surface area contributed by atoms with Gasteiger partial charge in [-0.3, -0.25) is 0 Å². The molecular formula is C19H19Cl2N3O2S. The number of carbonyl (C=O) groups excluding carboxylic acids is 1. The predicted octanol–water partition coefficient (Wildman–Crippen LogP) is 4.30. The second kappa shape index (κ2) is 8.78. The molecule has 1 aliphatic heterocycles. The molecule has 1 fully saturated rings. The molecule has 0 amide bonds. The van der Waals surface area contributed by atoms with E-state index in [1.807, 2.05) is 24.3 Å². The molecule has 0 spiro atoms. The average molecular weight is 424 g/mol. The molecule has 5 nitrogen and oxygen atoms in total. The first kappa shape index (κ1) is 19.7. The van der Waals surface area contributed by atoms with Crippen LogP contribution < -0.4 is 10.2 Å². The van der Waals surface area contributed by atoms with Crippen molar-refractivity contribution in [1.82, 2.24) is 4.90 Å². The van der Waals surface area contributed by atoms with Gasteiger partial charge in [0, 0.05) is 42.6 Å². The fraction of sp³-hybridized carbons (Fsp3) is 0.263. The van der Waals surface area contributed by atoms with Gasteiger partial charge in [-0.1, -0.05) is 23.2 Å². The maximum atomic E-state index is 11.6. The zero-order valence-corrected chi connectivity index (χ0v) is 17.1. The van der Waals surface area contributed by atoms with E-state index in [0.717, 1.165) is 42.6 Å². The Bertz CT molecular complexity index is 837. The van der Waals surface area contributed by atoms with Gasteiger partial charge in [-0.25, -0.2) is 4.79 Å². The van der Waals surface area contributed by atoms with E-state index in [9.17, 15) is 4.79 Å². The van der Waals surface area contributed by atoms with Crippen molar-refractivity contribution in [2.75, 3.05) is 43.5 Å². The Balaban J connectivity index is 1.57. The molecule has 0 radical (unpaired) electrons. The van der Waals surface area contributed by atoms with Crippen molar-refractivity contribution in [2.24, 2.45) is 0 Å². The van der Waals surface area contributed by atoms with E-state index in [1.165, 1.54) is 7.11 Å². The summed E-state index contributed by atoms with van der Waals surface area (Å²) in [6.07, 6.45) is 0. The van der Waals surface area contributed by atoms with Crippen LogP contribution in [0.1, 0.15) is 10.4 Å². The first-order valence-corrected chi connectivity index (χ1v) is 9.58. The highest BCUT2D eigenvalue weighted by molar-refractivity contribution is 7.80. The molecule has 1 N–H and O–H groups in total. The third-order valence-electron chi connectivity index (χ3n) is 4.38. The van der Waals surface area contributed by atoms with Gasteiger partial charge in [0.2, 0.25) is 0 Å². The number of rotatable bonds is 3. The SMILES string of the molecule is COC(=O)c1ccc(NC(=S)N2CCN(c3ccc(Cl)cc3)CC2)cc1Cl. The summed E-state index contributed by atoms with van der Waals surface area (Å²) in [5.41, 5.74) is 2.22. The number of halogens is 2. The van der Waals surface area contributed by atoms with Crippen molar-refractivity contribution in [3.8, 4) is 0 Å². The summed E-state index contributed by atoms with van der Waals surface area (Å²) in [6, 6.07) is 12.9. The minimum atomic E-state index is -0.465. The average Bonchev–Trinajstić information content (AvgIpc) is 2.68. The number of benzene rings is 2. The number of nitrogens with one attached hydrogen (secondary N) is 1. The molecule has 27 heavy (non-hydrogen) atoms. The number of anilines is 2. The Kier molecular flexibility index (Phi) is 6.42. The Morgan fingerprint density at radius 2 is 1.74 bits per heavy atom. The van der Waals surface area contributed by atoms with E-state index in [0.29, 0.717) is 15.7 Å². The van der Waals surface area contributed by atoms with Crippen LogP contribution >= 0.6 is 35.4 Å². The maximum Gasteiger partial charge on any atom is 0.339 e. The van der Waals surface area contributed by atoms with Crippen LogP contribution in [0.2, 0.25) is 10.0 Å². The molecule has 0 unspecified atom stereocenters. The van der Waals surface area contributed by atoms with Gasteiger partial charge in [0.25, 0.3) is 0 Å². The zero-order valence-electron chi connectivity index (χ0n) is 14.7. The molecule has 1 heterocycles. The summed E-state index contributed by atoms with van der Waals surface area (Å²) in [7, 11) is 1.32. The zero-order chi connectivity index (χ0) is 19.4. The van der Waals surface area contributed by atoms with Gasteiger partial charge in [-0.05, 0) is 54.7 Å². The molecule has 2 aromatic rings. The third kappa shape index (κ3) is 4.83. The van der Waals surface area contributed by atoms with Gasteiger partial charge in [0.05, 0.1) is 17.7 Å². The van der Waals surface area contributed by atoms with Crippen molar-refractivity contribution in [3.05, 3.63) is 58.1 Å². The Morgan fingerprint density at radius 1 is 1.07 bits per heavy atom. The third-order valence-corrected chi connectivity index (χ3v) is 5.31. The van der Waals surface area contributed by atoms with Crippen molar-refractivity contribution >= 4 is 57.9 Å². The highest BCUT2D eigenvalue weighted by Gasteiger charge is 2.20. The van der Waals surface area contributed by atoms with Gasteiger partial charge < -0.3 is 19.9 Å². The fourth-order valence-electron chi connectivity index (χ4n) is 2.89. The number of hydrogen-bond acceptors (Lipinski definition) is 4. The number of thiocarbonyl (C=S) groups is 1. The van der Waals surface area contributed by atoms with Crippen LogP contribution in [-0.2, 0) is 4.74 Å². The number of ether oxygens (including phenoxy) is 1. The van der Waals surface area contributed by atoms with E-state index < -0.39 is 5.97 Å². The second-order valence-electron chi connectivity index (χ2n) is 6.07. The first-order chi connectivity index (χ1) is 13.0. The normalized spacial score (nSPS) is 14.0. The van der Waals surface area contributed by atoms with Crippen LogP contribution in [0.25, 0.3) is 0 Å². The number of hydrogen-bond donors (Lipinski definition) is 1. The molecule has 0 atom stereocenters. The van der Waals surface area contributed by atoms with Crippen molar-refractivity contribution in [1.29, 1.82) is 0 Å². The Hall–Kier alpha value is -2.02. The van der Waals surface area contributed by atoms with Gasteiger partial charge in [0.15, 0.2) is 5.11 Å².